The molecule has 0 unspecified atom stereocenters. The van der Waals surface area contributed by atoms with E-state index in [2.05, 4.69) is 26.3 Å². The first-order valence-electron chi connectivity index (χ1n) is 15.5. The van der Waals surface area contributed by atoms with Crippen LogP contribution in [0.3, 0.4) is 0 Å². The summed E-state index contributed by atoms with van der Waals surface area (Å²) in [5.41, 5.74) is 8.74. The van der Waals surface area contributed by atoms with Crippen molar-refractivity contribution in [2.24, 2.45) is 0 Å². The van der Waals surface area contributed by atoms with Gasteiger partial charge in [-0.15, -0.1) is 0 Å². The summed E-state index contributed by atoms with van der Waals surface area (Å²) in [5.74, 6) is 0.281. The van der Waals surface area contributed by atoms with E-state index in [1.165, 1.54) is 0 Å². The van der Waals surface area contributed by atoms with Gasteiger partial charge in [-0.3, -0.25) is 19.2 Å². The van der Waals surface area contributed by atoms with Gasteiger partial charge in [0.25, 0.3) is 11.8 Å². The third-order valence-corrected chi connectivity index (χ3v) is 8.72. The summed E-state index contributed by atoms with van der Waals surface area (Å²) in [4.78, 5) is 39.1. The van der Waals surface area contributed by atoms with E-state index in [1.54, 1.807) is 53.7 Å². The molecule has 0 aliphatic carbocycles. The predicted octanol–water partition coefficient (Wildman–Crippen LogP) is 3.88. The van der Waals surface area contributed by atoms with Gasteiger partial charge in [0.15, 0.2) is 0 Å². The number of likely N-dealkylation sites (tertiary alicyclic amines) is 1. The molecule has 236 valence electrons. The lowest BCUT2D eigenvalue weighted by atomic mass is 9.97. The molecule has 12 heteroatoms. The van der Waals surface area contributed by atoms with Crippen LogP contribution in [-0.4, -0.2) is 85.8 Å². The zero-order valence-electron chi connectivity index (χ0n) is 26.0. The summed E-state index contributed by atoms with van der Waals surface area (Å²) in [6.45, 7) is 7.81. The summed E-state index contributed by atoms with van der Waals surface area (Å²) in [6, 6.07) is 16.3. The average Bonchev–Trinajstić information content (AvgIpc) is 3.70. The number of nitrogen functional groups attached to an aromatic ring is 1. The van der Waals surface area contributed by atoms with Crippen LogP contribution in [0, 0.1) is 11.3 Å². The largest absolute Gasteiger partial charge is 0.383 e. The lowest BCUT2D eigenvalue weighted by molar-refractivity contribution is -0.127. The molecule has 2 fully saturated rings. The van der Waals surface area contributed by atoms with Gasteiger partial charge in [-0.2, -0.15) is 10.4 Å². The number of hydrogen-bond acceptors (Lipinski definition) is 9. The van der Waals surface area contributed by atoms with E-state index in [9.17, 15) is 14.9 Å². The molecule has 0 saturated carbocycles. The molecule has 2 aliphatic heterocycles. The van der Waals surface area contributed by atoms with Crippen LogP contribution < -0.4 is 11.1 Å². The first-order chi connectivity index (χ1) is 22.2. The second kappa shape index (κ2) is 13.1. The second-order valence-corrected chi connectivity index (χ2v) is 12.1. The minimum Gasteiger partial charge on any atom is -0.383 e. The molecule has 2 amide bonds. The number of aromatic nitrogens is 4. The molecule has 4 aromatic rings. The molecule has 0 bridgehead atoms. The van der Waals surface area contributed by atoms with Gasteiger partial charge in [0.05, 0.1) is 36.7 Å². The van der Waals surface area contributed by atoms with Gasteiger partial charge < -0.3 is 20.7 Å². The Morgan fingerprint density at radius 1 is 1.09 bits per heavy atom. The standard InChI is InChI=1S/C34H37N9O3/c1-34(2,41-16-18-46-19-17-41)20-25(21-35)33(45)42-15-5-6-26(42)22-43-27-12-14-38-31(36)29(27)30(40-43)23-8-10-24(11-9-23)32(44)39-28-7-3-4-13-37-28/h3-4,7-14,20,26H,5-6,15-19,22H2,1-2H3,(H2,36,38)(H,37,39,44)/b25-20+/t26-/m0/s1. The number of nitrogens with two attached hydrogens (primary N) is 1. The number of nitrogens with one attached hydrogen (secondary N) is 1. The number of nitriles is 1. The van der Waals surface area contributed by atoms with Crippen molar-refractivity contribution in [1.82, 2.24) is 29.5 Å². The van der Waals surface area contributed by atoms with Gasteiger partial charge in [0, 0.05) is 48.7 Å². The van der Waals surface area contributed by atoms with Crippen LogP contribution in [-0.2, 0) is 16.1 Å². The van der Waals surface area contributed by atoms with Gasteiger partial charge >= 0.3 is 0 Å². The van der Waals surface area contributed by atoms with Crippen molar-refractivity contribution in [3.05, 3.63) is 78.1 Å². The number of morpholine rings is 1. The van der Waals surface area contributed by atoms with Crippen molar-refractivity contribution in [1.29, 1.82) is 5.26 Å². The van der Waals surface area contributed by atoms with Crippen molar-refractivity contribution in [2.75, 3.05) is 43.9 Å². The molecule has 1 atom stereocenters. The molecule has 0 spiro atoms. The van der Waals surface area contributed by atoms with Crippen molar-refractivity contribution < 1.29 is 14.3 Å². The number of benzene rings is 1. The third kappa shape index (κ3) is 6.33. The predicted molar refractivity (Wildman–Crippen MR) is 174 cm³/mol. The topological polar surface area (TPSA) is 155 Å². The van der Waals surface area contributed by atoms with Gasteiger partial charge in [0.2, 0.25) is 0 Å². The Bertz CT molecular complexity index is 1800. The van der Waals surface area contributed by atoms with Crippen LogP contribution in [0.25, 0.3) is 22.2 Å². The number of rotatable bonds is 8. The Kier molecular flexibility index (Phi) is 8.78. The highest BCUT2D eigenvalue weighted by Crippen LogP contribution is 2.33. The third-order valence-electron chi connectivity index (χ3n) is 8.72. The van der Waals surface area contributed by atoms with Crippen molar-refractivity contribution in [3.63, 3.8) is 0 Å². The molecule has 3 aromatic heterocycles. The fourth-order valence-electron chi connectivity index (χ4n) is 6.27. The van der Waals surface area contributed by atoms with E-state index in [0.717, 1.165) is 37.0 Å². The van der Waals surface area contributed by atoms with E-state index in [-0.39, 0.29) is 23.4 Å². The first kappa shape index (κ1) is 30.9. The molecule has 6 rings (SSSR count). The Balaban J connectivity index is 1.24. The zero-order valence-corrected chi connectivity index (χ0v) is 26.0. The van der Waals surface area contributed by atoms with E-state index >= 15 is 0 Å². The second-order valence-electron chi connectivity index (χ2n) is 12.1. The average molecular weight is 620 g/mol. The molecule has 12 nitrogen and oxygen atoms in total. The first-order valence-corrected chi connectivity index (χ1v) is 15.5. The Morgan fingerprint density at radius 3 is 2.59 bits per heavy atom. The maximum Gasteiger partial charge on any atom is 0.264 e. The van der Waals surface area contributed by atoms with Crippen molar-refractivity contribution in [2.45, 2.75) is 44.8 Å². The van der Waals surface area contributed by atoms with E-state index in [0.29, 0.717) is 54.6 Å². The number of fused-ring (bicyclic) bond motifs is 1. The smallest absolute Gasteiger partial charge is 0.264 e. The summed E-state index contributed by atoms with van der Waals surface area (Å²) >= 11 is 0. The zero-order chi connectivity index (χ0) is 32.3. The highest BCUT2D eigenvalue weighted by atomic mass is 16.5. The number of amides is 2. The van der Waals surface area contributed by atoms with Gasteiger partial charge in [-0.05, 0) is 63.1 Å². The minimum atomic E-state index is -0.466. The molecule has 0 radical (unpaired) electrons. The van der Waals surface area contributed by atoms with Crippen LogP contribution in [0.15, 0.2) is 72.6 Å². The van der Waals surface area contributed by atoms with Gasteiger partial charge in [-0.25, -0.2) is 9.97 Å². The van der Waals surface area contributed by atoms with Crippen LogP contribution in [0.4, 0.5) is 11.6 Å². The minimum absolute atomic E-state index is 0.148. The Labute approximate surface area is 267 Å². The highest BCUT2D eigenvalue weighted by Gasteiger charge is 2.34. The number of nitrogens with zero attached hydrogens (tertiary/aromatic N) is 7. The Hall–Kier alpha value is -5.12. The molecular weight excluding hydrogens is 582 g/mol. The number of pyridine rings is 2. The van der Waals surface area contributed by atoms with Crippen LogP contribution in [0.2, 0.25) is 0 Å². The lowest BCUT2D eigenvalue weighted by Crippen LogP contribution is -2.49. The van der Waals surface area contributed by atoms with Gasteiger partial charge in [-0.1, -0.05) is 18.2 Å². The molecule has 3 N–H and O–H groups in total. The fraction of sp³-hybridized carbons (Fsp3) is 0.353. The van der Waals surface area contributed by atoms with E-state index in [1.807, 2.05) is 36.7 Å². The summed E-state index contributed by atoms with van der Waals surface area (Å²) in [7, 11) is 0. The summed E-state index contributed by atoms with van der Waals surface area (Å²) in [5, 5.41) is 18.5. The quantitative estimate of drug-likeness (QED) is 0.221. The van der Waals surface area contributed by atoms with Crippen LogP contribution in [0.5, 0.6) is 0 Å². The number of anilines is 2. The van der Waals surface area contributed by atoms with Crippen LogP contribution >= 0.6 is 0 Å². The molecule has 2 saturated heterocycles. The van der Waals surface area contributed by atoms with E-state index in [4.69, 9.17) is 15.6 Å². The maximum absolute atomic E-state index is 13.8. The number of hydrogen-bond donors (Lipinski definition) is 2. The van der Waals surface area contributed by atoms with E-state index < -0.39 is 5.54 Å². The molecule has 5 heterocycles. The highest BCUT2D eigenvalue weighted by molar-refractivity contribution is 6.05. The Morgan fingerprint density at radius 2 is 1.87 bits per heavy atom. The number of carbonyl (C=O) groups is 2. The summed E-state index contributed by atoms with van der Waals surface area (Å²) in [6.07, 6.45) is 6.68. The molecule has 46 heavy (non-hydrogen) atoms. The van der Waals surface area contributed by atoms with Gasteiger partial charge in [0.1, 0.15) is 29.0 Å². The molecule has 2 aliphatic rings. The molecule has 1 aromatic carbocycles. The number of ether oxygens (including phenoxy) is 1. The van der Waals surface area contributed by atoms with Crippen LogP contribution in [0.1, 0.15) is 37.0 Å². The monoisotopic (exact) mass is 619 g/mol. The van der Waals surface area contributed by atoms with Crippen molar-refractivity contribution >= 4 is 34.4 Å². The normalized spacial score (nSPS) is 17.6. The summed E-state index contributed by atoms with van der Waals surface area (Å²) < 4.78 is 7.36. The molecular formula is C34H37N9O3. The number of carbonyl (C=O) groups excluding carboxylic acids is 2. The lowest BCUT2D eigenvalue weighted by Gasteiger charge is -2.39. The fourth-order valence-corrected chi connectivity index (χ4v) is 6.27. The maximum atomic E-state index is 13.8. The van der Waals surface area contributed by atoms with Crippen molar-refractivity contribution in [3.8, 4) is 17.3 Å². The SMILES string of the molecule is CC(C)(/C=C(\C#N)C(=O)N1CCC[C@H]1Cn1nc(-c2ccc(C(=O)Nc3ccccn3)cc2)c2c(N)nccc21)N1CCOCC1.